The maximum atomic E-state index is 15.4. The third kappa shape index (κ3) is 5.91. The summed E-state index contributed by atoms with van der Waals surface area (Å²) in [4.78, 5) is 30.7. The number of Topliss-reactive ketones (excluding diaryl/α,β-unsaturated/α-hetero) is 2. The molecule has 320 valence electrons. The lowest BCUT2D eigenvalue weighted by atomic mass is 9.57. The summed E-state index contributed by atoms with van der Waals surface area (Å²) in [6.07, 6.45) is 22.1. The molecular formula is C54H72N4O2. The van der Waals surface area contributed by atoms with Gasteiger partial charge in [-0.15, -0.1) is 0 Å². The van der Waals surface area contributed by atoms with Crippen molar-refractivity contribution < 1.29 is 9.59 Å². The molecule has 0 spiro atoms. The van der Waals surface area contributed by atoms with Crippen LogP contribution in [0.2, 0.25) is 0 Å². The summed E-state index contributed by atoms with van der Waals surface area (Å²) in [7, 11) is 0. The van der Waals surface area contributed by atoms with Crippen molar-refractivity contribution in [3.63, 3.8) is 0 Å². The zero-order valence-corrected chi connectivity index (χ0v) is 36.0. The molecule has 5 heterocycles. The first-order chi connectivity index (χ1) is 29.6. The fourth-order valence-corrected chi connectivity index (χ4v) is 19.1. The number of ketones is 2. The largest absolute Gasteiger partial charge is 0.310 e. The van der Waals surface area contributed by atoms with Gasteiger partial charge in [0, 0.05) is 83.8 Å². The molecule has 2 aromatic rings. The molecule has 5 aliphatic heterocycles. The van der Waals surface area contributed by atoms with E-state index in [1.165, 1.54) is 101 Å². The summed E-state index contributed by atoms with van der Waals surface area (Å²) >= 11 is 0. The Morgan fingerprint density at radius 2 is 0.767 bits per heavy atom. The highest BCUT2D eigenvalue weighted by atomic mass is 16.1. The Kier molecular flexibility index (Phi) is 9.61. The van der Waals surface area contributed by atoms with Gasteiger partial charge in [-0.1, -0.05) is 112 Å². The van der Waals surface area contributed by atoms with Crippen LogP contribution in [-0.4, -0.2) is 59.9 Å². The van der Waals surface area contributed by atoms with Gasteiger partial charge in [0.15, 0.2) is 0 Å². The third-order valence-corrected chi connectivity index (χ3v) is 20.9. The van der Waals surface area contributed by atoms with Gasteiger partial charge in [0.05, 0.1) is 0 Å². The zero-order chi connectivity index (χ0) is 39.6. The molecule has 2 aromatic carbocycles. The fraction of sp³-hybridized carbons (Fsp3) is 0.741. The monoisotopic (exact) mass is 809 g/mol. The molecule has 6 saturated carbocycles. The second-order valence-corrected chi connectivity index (χ2v) is 23.0. The molecule has 13 rings (SSSR count). The molecule has 11 fully saturated rings. The Bertz CT molecular complexity index is 1780. The molecule has 5 saturated heterocycles. The SMILES string of the molecule is O=C1C2CC3NC2C(C2CCC(N2)C(c2ccccc2)C2CC4C(=O)C5CCCC6CCCC(C65)C(C5CCC(N5)C3c3ccccc3)C4N2)C2CCCC3CCCC1C32. The summed E-state index contributed by atoms with van der Waals surface area (Å²) in [5, 5.41) is 18.1. The average Bonchev–Trinajstić information content (AvgIpc) is 4.11. The van der Waals surface area contributed by atoms with E-state index >= 15 is 9.59 Å². The van der Waals surface area contributed by atoms with Crippen molar-refractivity contribution in [3.8, 4) is 0 Å². The lowest BCUT2D eigenvalue weighted by molar-refractivity contribution is -0.132. The Hall–Kier alpha value is -2.38. The Morgan fingerprint density at radius 3 is 1.20 bits per heavy atom. The first-order valence-corrected chi connectivity index (χ1v) is 25.8. The maximum absolute atomic E-state index is 15.4. The normalized spacial score (nSPS) is 51.6. The van der Waals surface area contributed by atoms with Gasteiger partial charge in [-0.2, -0.15) is 0 Å². The van der Waals surface area contributed by atoms with Gasteiger partial charge < -0.3 is 21.3 Å². The first kappa shape index (κ1) is 38.1. The number of carbonyl (C=O) groups excluding carboxylic acids is 2. The molecule has 6 nitrogen and oxygen atoms in total. The van der Waals surface area contributed by atoms with Crippen LogP contribution in [-0.2, 0) is 9.59 Å². The van der Waals surface area contributed by atoms with Crippen LogP contribution in [0.3, 0.4) is 0 Å². The summed E-state index contributed by atoms with van der Waals surface area (Å²) in [5.41, 5.74) is 2.90. The van der Waals surface area contributed by atoms with Crippen LogP contribution in [0.1, 0.15) is 139 Å². The van der Waals surface area contributed by atoms with Gasteiger partial charge in [-0.25, -0.2) is 0 Å². The van der Waals surface area contributed by atoms with Crippen LogP contribution >= 0.6 is 0 Å². The van der Waals surface area contributed by atoms with E-state index in [0.717, 1.165) is 37.5 Å². The lowest BCUT2D eigenvalue weighted by Gasteiger charge is -2.49. The predicted octanol–water partition coefficient (Wildman–Crippen LogP) is 8.57. The van der Waals surface area contributed by atoms with E-state index in [-0.39, 0.29) is 47.8 Å². The van der Waals surface area contributed by atoms with Crippen LogP contribution < -0.4 is 21.3 Å². The number of hydrogen-bond acceptors (Lipinski definition) is 6. The van der Waals surface area contributed by atoms with Crippen molar-refractivity contribution in [3.05, 3.63) is 71.8 Å². The van der Waals surface area contributed by atoms with Gasteiger partial charge in [0.1, 0.15) is 11.6 Å². The standard InChI is InChI=1S/C54H72N4O2/c59-53-35-21-9-17-30-16-8-20-34(46(30)35)50-42-26-24-40(56-42)48(32-13-5-2-6-14-32)44-28-38-52(58-44)49(33-19-7-15-29-18-10-22-36(45(29)33)54(38)60)41-25-23-39(55-41)47(31-11-3-1-4-12-31)43-27-37(53)51(50)57-43/h1-6,11-14,29-30,33-52,55-58H,7-10,15-28H2. The topological polar surface area (TPSA) is 82.3 Å². The van der Waals surface area contributed by atoms with Crippen molar-refractivity contribution in [1.29, 1.82) is 0 Å². The van der Waals surface area contributed by atoms with E-state index in [2.05, 4.69) is 81.9 Å². The minimum Gasteiger partial charge on any atom is -0.310 e. The second-order valence-electron chi connectivity index (χ2n) is 23.0. The molecule has 0 radical (unpaired) electrons. The van der Waals surface area contributed by atoms with Gasteiger partial charge in [-0.05, 0) is 123 Å². The Morgan fingerprint density at radius 1 is 0.367 bits per heavy atom. The third-order valence-electron chi connectivity index (χ3n) is 20.9. The second kappa shape index (κ2) is 15.1. The Labute approximate surface area is 359 Å². The number of nitrogens with one attached hydrogen (secondary N) is 4. The van der Waals surface area contributed by atoms with Crippen molar-refractivity contribution in [2.45, 2.75) is 176 Å². The number of carbonyl (C=O) groups is 2. The minimum atomic E-state index is 0.118. The van der Waals surface area contributed by atoms with Crippen LogP contribution in [0.15, 0.2) is 60.7 Å². The Balaban J connectivity index is 0.958. The molecule has 6 heteroatoms. The summed E-state index contributed by atoms with van der Waals surface area (Å²) in [6.45, 7) is 0. The van der Waals surface area contributed by atoms with Gasteiger partial charge in [0.2, 0.25) is 0 Å². The van der Waals surface area contributed by atoms with E-state index in [9.17, 15) is 0 Å². The summed E-state index contributed by atoms with van der Waals surface area (Å²) in [5.74, 6) is 7.52. The van der Waals surface area contributed by atoms with Crippen LogP contribution in [0.25, 0.3) is 0 Å². The molecular weight excluding hydrogens is 737 g/mol. The van der Waals surface area contributed by atoms with E-state index in [1.807, 2.05) is 0 Å². The van der Waals surface area contributed by atoms with Gasteiger partial charge in [-0.3, -0.25) is 9.59 Å². The van der Waals surface area contributed by atoms with Crippen LogP contribution in [0, 0.1) is 71.0 Å². The predicted molar refractivity (Wildman–Crippen MR) is 236 cm³/mol. The molecule has 4 N–H and O–H groups in total. The molecule has 22 unspecified atom stereocenters. The molecule has 0 aromatic heterocycles. The van der Waals surface area contributed by atoms with E-state index in [1.54, 1.807) is 0 Å². The molecule has 8 bridgehead atoms. The van der Waals surface area contributed by atoms with Gasteiger partial charge in [0.25, 0.3) is 0 Å². The highest BCUT2D eigenvalue weighted by Crippen LogP contribution is 2.59. The highest BCUT2D eigenvalue weighted by Gasteiger charge is 2.62. The zero-order valence-electron chi connectivity index (χ0n) is 36.0. The maximum Gasteiger partial charge on any atom is 0.140 e. The lowest BCUT2D eigenvalue weighted by Crippen LogP contribution is -2.56. The average molecular weight is 809 g/mol. The van der Waals surface area contributed by atoms with E-state index < -0.39 is 0 Å². The quantitative estimate of drug-likeness (QED) is 0.244. The smallest absolute Gasteiger partial charge is 0.140 e. The van der Waals surface area contributed by atoms with Gasteiger partial charge >= 0.3 is 0 Å². The fourth-order valence-electron chi connectivity index (χ4n) is 19.1. The van der Waals surface area contributed by atoms with Crippen molar-refractivity contribution in [1.82, 2.24) is 21.3 Å². The van der Waals surface area contributed by atoms with E-state index in [0.29, 0.717) is 83.1 Å². The van der Waals surface area contributed by atoms with Crippen LogP contribution in [0.5, 0.6) is 0 Å². The number of rotatable bonds is 2. The molecule has 60 heavy (non-hydrogen) atoms. The number of fused-ring (bicyclic) bond motifs is 10. The molecule has 6 aliphatic carbocycles. The van der Waals surface area contributed by atoms with Crippen molar-refractivity contribution in [2.75, 3.05) is 0 Å². The highest BCUT2D eigenvalue weighted by molar-refractivity contribution is 5.86. The number of hydrogen-bond donors (Lipinski definition) is 4. The molecule has 11 aliphatic rings. The first-order valence-electron chi connectivity index (χ1n) is 25.8. The van der Waals surface area contributed by atoms with E-state index in [4.69, 9.17) is 0 Å². The van der Waals surface area contributed by atoms with Crippen molar-refractivity contribution in [2.24, 2.45) is 71.0 Å². The molecule has 0 amide bonds. The molecule has 22 atom stereocenters. The minimum absolute atomic E-state index is 0.118. The van der Waals surface area contributed by atoms with Crippen LogP contribution in [0.4, 0.5) is 0 Å². The van der Waals surface area contributed by atoms with Crippen molar-refractivity contribution >= 4 is 11.6 Å². The summed E-state index contributed by atoms with van der Waals surface area (Å²) < 4.78 is 0. The summed E-state index contributed by atoms with van der Waals surface area (Å²) in [6, 6.07) is 25.7. The number of benzene rings is 2.